The topological polar surface area (TPSA) is 103 Å². The van der Waals surface area contributed by atoms with Gasteiger partial charge >= 0.3 is 6.18 Å². The molecule has 1 aliphatic heterocycles. The summed E-state index contributed by atoms with van der Waals surface area (Å²) in [5, 5.41) is 19.0. The highest BCUT2D eigenvalue weighted by atomic mass is 32.2. The van der Waals surface area contributed by atoms with E-state index < -0.39 is 29.5 Å². The molecule has 41 heavy (non-hydrogen) atoms. The van der Waals surface area contributed by atoms with E-state index in [1.807, 2.05) is 6.07 Å². The second-order valence-corrected chi connectivity index (χ2v) is 9.92. The summed E-state index contributed by atoms with van der Waals surface area (Å²) in [6.45, 7) is 1.70. The third-order valence-electron chi connectivity index (χ3n) is 6.20. The number of nitrogens with zero attached hydrogens (tertiary/aromatic N) is 1. The maximum atomic E-state index is 13.6. The fourth-order valence-corrected chi connectivity index (χ4v) is 5.24. The van der Waals surface area contributed by atoms with Crippen molar-refractivity contribution in [1.29, 1.82) is 5.26 Å². The Balaban J connectivity index is 1.59. The van der Waals surface area contributed by atoms with Crippen LogP contribution in [0.4, 0.5) is 24.5 Å². The number of allylic oxidation sites excluding steroid dienone is 2. The van der Waals surface area contributed by atoms with Crippen LogP contribution in [0.15, 0.2) is 101 Å². The molecule has 3 N–H and O–H groups in total. The number of dihydropyridines is 1. The average molecular weight is 579 g/mol. The number of ether oxygens (including phenoxy) is 1. The highest BCUT2D eigenvalue weighted by Crippen LogP contribution is 2.41. The van der Waals surface area contributed by atoms with Crippen LogP contribution >= 0.6 is 11.8 Å². The molecular formula is C30H25F3N4O3S. The van der Waals surface area contributed by atoms with E-state index in [2.05, 4.69) is 22.0 Å². The van der Waals surface area contributed by atoms with Gasteiger partial charge < -0.3 is 20.7 Å². The van der Waals surface area contributed by atoms with Crippen molar-refractivity contribution in [2.75, 3.05) is 23.5 Å². The van der Waals surface area contributed by atoms with Gasteiger partial charge in [-0.15, -0.1) is 0 Å². The number of rotatable bonds is 8. The number of nitrogens with one attached hydrogen (secondary N) is 3. The SMILES string of the molecule is COc1ccccc1NC(=O)C1=C(C)NC(SCC(=O)Nc2cccc(C(F)(F)F)c2)=C(C#N)[C@H]1c1ccccc1. The third kappa shape index (κ3) is 6.91. The van der Waals surface area contributed by atoms with Crippen LogP contribution in [0.1, 0.15) is 24.0 Å². The van der Waals surface area contributed by atoms with Crippen LogP contribution in [0.5, 0.6) is 5.75 Å². The summed E-state index contributed by atoms with van der Waals surface area (Å²) < 4.78 is 44.5. The molecule has 4 rings (SSSR count). The molecule has 11 heteroatoms. The van der Waals surface area contributed by atoms with Crippen LogP contribution < -0.4 is 20.7 Å². The van der Waals surface area contributed by atoms with Crippen molar-refractivity contribution in [3.63, 3.8) is 0 Å². The summed E-state index contributed by atoms with van der Waals surface area (Å²) in [5.74, 6) is -1.46. The molecular weight excluding hydrogens is 553 g/mol. The van der Waals surface area contributed by atoms with Gasteiger partial charge in [0, 0.05) is 17.0 Å². The Kier molecular flexibility index (Phi) is 9.04. The zero-order chi connectivity index (χ0) is 29.6. The van der Waals surface area contributed by atoms with Gasteiger partial charge in [0.15, 0.2) is 0 Å². The van der Waals surface area contributed by atoms with Crippen LogP contribution in [-0.2, 0) is 15.8 Å². The number of halogens is 3. The number of para-hydroxylation sites is 2. The van der Waals surface area contributed by atoms with E-state index in [1.165, 1.54) is 19.2 Å². The Morgan fingerprint density at radius 3 is 2.41 bits per heavy atom. The summed E-state index contributed by atoms with van der Waals surface area (Å²) in [7, 11) is 1.49. The van der Waals surface area contributed by atoms with Gasteiger partial charge in [-0.2, -0.15) is 18.4 Å². The molecule has 210 valence electrons. The van der Waals surface area contributed by atoms with Crippen molar-refractivity contribution in [2.24, 2.45) is 0 Å². The summed E-state index contributed by atoms with van der Waals surface area (Å²) in [5.41, 5.74) is 1.30. The Labute approximate surface area is 239 Å². The Bertz CT molecular complexity index is 1560. The lowest BCUT2D eigenvalue weighted by Gasteiger charge is -2.30. The molecule has 0 saturated heterocycles. The number of hydrogen-bond acceptors (Lipinski definition) is 6. The van der Waals surface area contributed by atoms with Crippen molar-refractivity contribution in [3.05, 3.63) is 112 Å². The van der Waals surface area contributed by atoms with E-state index in [1.54, 1.807) is 55.5 Å². The van der Waals surface area contributed by atoms with Crippen molar-refractivity contribution < 1.29 is 27.5 Å². The summed E-state index contributed by atoms with van der Waals surface area (Å²) in [6, 6.07) is 22.5. The number of amides is 2. The van der Waals surface area contributed by atoms with Crippen molar-refractivity contribution >= 4 is 35.0 Å². The maximum Gasteiger partial charge on any atom is 0.416 e. The normalized spacial score (nSPS) is 15.1. The number of carbonyl (C=O) groups excluding carboxylic acids is 2. The minimum atomic E-state index is -4.54. The van der Waals surface area contributed by atoms with E-state index in [-0.39, 0.29) is 17.0 Å². The second kappa shape index (κ2) is 12.7. The summed E-state index contributed by atoms with van der Waals surface area (Å²) >= 11 is 1.02. The molecule has 0 radical (unpaired) electrons. The highest BCUT2D eigenvalue weighted by Gasteiger charge is 2.35. The van der Waals surface area contributed by atoms with Crippen LogP contribution in [0, 0.1) is 11.3 Å². The van der Waals surface area contributed by atoms with Crippen LogP contribution in [0.3, 0.4) is 0 Å². The first-order valence-electron chi connectivity index (χ1n) is 12.3. The van der Waals surface area contributed by atoms with Gasteiger partial charge in [-0.1, -0.05) is 60.3 Å². The molecule has 3 aromatic carbocycles. The maximum absolute atomic E-state index is 13.6. The van der Waals surface area contributed by atoms with Gasteiger partial charge in [0.25, 0.3) is 5.91 Å². The van der Waals surface area contributed by atoms with E-state index in [9.17, 15) is 28.0 Å². The van der Waals surface area contributed by atoms with Crippen molar-refractivity contribution in [2.45, 2.75) is 19.0 Å². The zero-order valence-corrected chi connectivity index (χ0v) is 22.8. The van der Waals surface area contributed by atoms with Gasteiger partial charge in [-0.25, -0.2) is 0 Å². The number of methoxy groups -OCH3 is 1. The fraction of sp³-hybridized carbons (Fsp3) is 0.167. The number of thioether (sulfide) groups is 1. The first-order chi connectivity index (χ1) is 19.6. The first-order valence-corrected chi connectivity index (χ1v) is 13.3. The lowest BCUT2D eigenvalue weighted by atomic mass is 9.82. The third-order valence-corrected chi connectivity index (χ3v) is 7.22. The van der Waals surface area contributed by atoms with Crippen molar-refractivity contribution in [3.8, 4) is 11.8 Å². The molecule has 0 spiro atoms. The molecule has 1 heterocycles. The standard InChI is InChI=1S/C30H25F3N4O3S/c1-18-26(28(39)37-23-13-6-7-14-24(23)40-2)27(19-9-4-3-5-10-19)22(16-34)29(35-18)41-17-25(38)36-21-12-8-11-20(15-21)30(31,32)33/h3-15,27,35H,17H2,1-2H3,(H,36,38)(H,37,39)/t27-/m1/s1. The Morgan fingerprint density at radius 2 is 1.73 bits per heavy atom. The number of carbonyl (C=O) groups is 2. The number of hydrogen-bond donors (Lipinski definition) is 3. The number of anilines is 2. The highest BCUT2D eigenvalue weighted by molar-refractivity contribution is 8.03. The predicted octanol–water partition coefficient (Wildman–Crippen LogP) is 6.42. The monoisotopic (exact) mass is 578 g/mol. The number of nitriles is 1. The Morgan fingerprint density at radius 1 is 1.02 bits per heavy atom. The van der Waals surface area contributed by atoms with E-state index in [0.29, 0.717) is 33.3 Å². The van der Waals surface area contributed by atoms with Gasteiger partial charge in [0.1, 0.15) is 5.75 Å². The van der Waals surface area contributed by atoms with E-state index in [4.69, 9.17) is 4.74 Å². The van der Waals surface area contributed by atoms with Crippen LogP contribution in [0.2, 0.25) is 0 Å². The van der Waals surface area contributed by atoms with E-state index in [0.717, 1.165) is 23.9 Å². The molecule has 3 aromatic rings. The molecule has 0 fully saturated rings. The molecule has 0 saturated carbocycles. The van der Waals surface area contributed by atoms with Gasteiger partial charge in [-0.3, -0.25) is 9.59 Å². The molecule has 2 amide bonds. The smallest absolute Gasteiger partial charge is 0.416 e. The molecule has 0 bridgehead atoms. The lowest BCUT2D eigenvalue weighted by Crippen LogP contribution is -2.31. The molecule has 0 unspecified atom stereocenters. The molecule has 0 aromatic heterocycles. The number of alkyl halides is 3. The van der Waals surface area contributed by atoms with Gasteiger partial charge in [-0.05, 0) is 42.8 Å². The minimum absolute atomic E-state index is 0.00468. The summed E-state index contributed by atoms with van der Waals surface area (Å²) in [6.07, 6.45) is -4.54. The quantitative estimate of drug-likeness (QED) is 0.285. The zero-order valence-electron chi connectivity index (χ0n) is 22.0. The average Bonchev–Trinajstić information content (AvgIpc) is 2.96. The van der Waals surface area contributed by atoms with Gasteiger partial charge in [0.05, 0.1) is 46.7 Å². The summed E-state index contributed by atoms with van der Waals surface area (Å²) in [4.78, 5) is 26.3. The number of benzene rings is 3. The Hall–Kier alpha value is -4.69. The lowest BCUT2D eigenvalue weighted by molar-refractivity contribution is -0.137. The van der Waals surface area contributed by atoms with Crippen molar-refractivity contribution in [1.82, 2.24) is 5.32 Å². The predicted molar refractivity (Wildman–Crippen MR) is 152 cm³/mol. The second-order valence-electron chi connectivity index (χ2n) is 8.93. The molecule has 7 nitrogen and oxygen atoms in total. The minimum Gasteiger partial charge on any atom is -0.495 e. The van der Waals surface area contributed by atoms with Crippen LogP contribution in [0.25, 0.3) is 0 Å². The fourth-order valence-electron chi connectivity index (χ4n) is 4.35. The van der Waals surface area contributed by atoms with Gasteiger partial charge in [0.2, 0.25) is 5.91 Å². The van der Waals surface area contributed by atoms with E-state index >= 15 is 0 Å². The molecule has 1 atom stereocenters. The largest absolute Gasteiger partial charge is 0.495 e. The van der Waals surface area contributed by atoms with Crippen LogP contribution in [-0.4, -0.2) is 24.7 Å². The first kappa shape index (κ1) is 29.3. The molecule has 1 aliphatic rings. The molecule has 0 aliphatic carbocycles.